The number of piperazine rings is 1. The molecule has 1 fully saturated rings. The van der Waals surface area contributed by atoms with Gasteiger partial charge in [0, 0.05) is 44.4 Å². The Labute approximate surface area is 210 Å². The minimum atomic E-state index is -0.311. The van der Waals surface area contributed by atoms with Gasteiger partial charge in [0.1, 0.15) is 18.7 Å². The number of aliphatic imine (C=N–C) groups is 2. The first kappa shape index (κ1) is 23.8. The van der Waals surface area contributed by atoms with Crippen LogP contribution in [-0.2, 0) is 4.79 Å². The smallest absolute Gasteiger partial charge is 0.280 e. The molecular weight excluding hydrogens is 455 g/mol. The van der Waals surface area contributed by atoms with Crippen LogP contribution in [-0.4, -0.2) is 77.6 Å². The molecule has 3 heterocycles. The number of quaternary nitrogens is 1. The SMILES string of the molecule is C[N+]1(CC(=O)N2CCN(C3=NC=CC=CCC3)CC2)N=C(c2ccc(F)cc2)N=C1c1ccccc1. The largest absolute Gasteiger partial charge is 0.357 e. The number of halogens is 1. The highest BCUT2D eigenvalue weighted by Crippen LogP contribution is 2.24. The van der Waals surface area contributed by atoms with E-state index in [-0.39, 0.29) is 22.9 Å². The van der Waals surface area contributed by atoms with E-state index in [0.29, 0.717) is 24.8 Å². The predicted octanol–water partition coefficient (Wildman–Crippen LogP) is 3.80. The third-order valence-corrected chi connectivity index (χ3v) is 6.65. The molecule has 2 aromatic rings. The van der Waals surface area contributed by atoms with E-state index in [4.69, 9.17) is 10.1 Å². The summed E-state index contributed by atoms with van der Waals surface area (Å²) in [5.74, 6) is 2.00. The second-order valence-corrected chi connectivity index (χ2v) is 9.25. The van der Waals surface area contributed by atoms with Gasteiger partial charge in [-0.05, 0) is 48.9 Å². The molecule has 5 rings (SSSR count). The van der Waals surface area contributed by atoms with Gasteiger partial charge < -0.3 is 9.80 Å². The Hall–Kier alpha value is -3.91. The number of allylic oxidation sites excluding steroid dienone is 3. The summed E-state index contributed by atoms with van der Waals surface area (Å²) in [5.41, 5.74) is 1.62. The quantitative estimate of drug-likeness (QED) is 0.619. The number of rotatable bonds is 4. The van der Waals surface area contributed by atoms with Gasteiger partial charge in [0.05, 0.1) is 5.56 Å². The second kappa shape index (κ2) is 10.4. The van der Waals surface area contributed by atoms with E-state index in [1.807, 2.05) is 60.6 Å². The number of hydrogen-bond acceptors (Lipinski definition) is 5. The molecule has 0 saturated carbocycles. The van der Waals surface area contributed by atoms with Crippen LogP contribution in [0.4, 0.5) is 4.39 Å². The molecule has 0 aliphatic carbocycles. The monoisotopic (exact) mass is 485 g/mol. The molecule has 1 amide bonds. The molecule has 2 aromatic carbocycles. The maximum absolute atomic E-state index is 13.5. The maximum Gasteiger partial charge on any atom is 0.280 e. The first-order valence-electron chi connectivity index (χ1n) is 12.3. The minimum absolute atomic E-state index is 0.0135. The molecule has 0 radical (unpaired) electrons. The summed E-state index contributed by atoms with van der Waals surface area (Å²) in [6.07, 6.45) is 9.83. The summed E-state index contributed by atoms with van der Waals surface area (Å²) in [6.45, 7) is 2.96. The topological polar surface area (TPSA) is 60.6 Å². The normalized spacial score (nSPS) is 22.0. The number of carbonyl (C=O) groups excluding carboxylic acids is 1. The molecule has 0 N–H and O–H groups in total. The van der Waals surface area contributed by atoms with E-state index in [1.54, 1.807) is 12.1 Å². The van der Waals surface area contributed by atoms with Gasteiger partial charge >= 0.3 is 0 Å². The van der Waals surface area contributed by atoms with Gasteiger partial charge in [0.25, 0.3) is 11.7 Å². The highest BCUT2D eigenvalue weighted by molar-refractivity contribution is 6.12. The number of nitrogens with zero attached hydrogens (tertiary/aromatic N) is 6. The Balaban J connectivity index is 1.32. The summed E-state index contributed by atoms with van der Waals surface area (Å²) in [7, 11) is 1.90. The van der Waals surface area contributed by atoms with Crippen molar-refractivity contribution < 1.29 is 13.8 Å². The number of amides is 1. The third kappa shape index (κ3) is 5.18. The van der Waals surface area contributed by atoms with Crippen molar-refractivity contribution in [1.29, 1.82) is 0 Å². The lowest BCUT2D eigenvalue weighted by Crippen LogP contribution is -2.55. The first-order valence-corrected chi connectivity index (χ1v) is 12.3. The lowest BCUT2D eigenvalue weighted by Gasteiger charge is -2.37. The predicted molar refractivity (Wildman–Crippen MR) is 140 cm³/mol. The molecule has 0 spiro atoms. The van der Waals surface area contributed by atoms with Crippen LogP contribution in [0.5, 0.6) is 0 Å². The number of amidine groups is 3. The molecule has 36 heavy (non-hydrogen) atoms. The lowest BCUT2D eigenvalue weighted by molar-refractivity contribution is -0.816. The van der Waals surface area contributed by atoms with Crippen LogP contribution in [0.15, 0.2) is 94.1 Å². The second-order valence-electron chi connectivity index (χ2n) is 9.25. The van der Waals surface area contributed by atoms with Crippen LogP contribution in [0.1, 0.15) is 24.0 Å². The van der Waals surface area contributed by atoms with Crippen molar-refractivity contribution in [2.75, 3.05) is 39.8 Å². The summed E-state index contributed by atoms with van der Waals surface area (Å²) >= 11 is 0. The zero-order chi connectivity index (χ0) is 25.0. The Morgan fingerprint density at radius 3 is 2.47 bits per heavy atom. The van der Waals surface area contributed by atoms with Crippen LogP contribution < -0.4 is 0 Å². The summed E-state index contributed by atoms with van der Waals surface area (Å²) in [6, 6.07) is 15.9. The number of hydrogen-bond donors (Lipinski definition) is 0. The Kier molecular flexibility index (Phi) is 6.86. The molecule has 0 aromatic heterocycles. The standard InChI is InChI=1S/C28H30FN6O/c1-35(21-26(36)34-19-17-33(18-20-34)25-11-7-2-3-8-16-30-25)28(23-9-5-4-6-10-23)31-27(32-35)22-12-14-24(29)15-13-22/h2-6,8-10,12-16H,7,11,17-21H2,1H3/q+1. The van der Waals surface area contributed by atoms with Crippen LogP contribution >= 0.6 is 0 Å². The molecule has 7 nitrogen and oxygen atoms in total. The molecule has 3 aliphatic rings. The molecule has 8 heteroatoms. The zero-order valence-electron chi connectivity index (χ0n) is 20.4. The van der Waals surface area contributed by atoms with E-state index >= 15 is 0 Å². The fourth-order valence-corrected chi connectivity index (χ4v) is 4.70. The number of likely N-dealkylation sites (N-methyl/N-ethyl adjacent to an activating group) is 1. The number of carbonyl (C=O) groups is 1. The molecule has 1 atom stereocenters. The summed E-state index contributed by atoms with van der Waals surface area (Å²) < 4.78 is 13.5. The fraction of sp³-hybridized carbons (Fsp3) is 0.286. The Morgan fingerprint density at radius 2 is 1.72 bits per heavy atom. The summed E-state index contributed by atoms with van der Waals surface area (Å²) in [4.78, 5) is 27.1. The average Bonchev–Trinajstić information content (AvgIpc) is 3.22. The van der Waals surface area contributed by atoms with Gasteiger partial charge in [-0.25, -0.2) is 9.38 Å². The number of benzene rings is 2. The minimum Gasteiger partial charge on any atom is -0.357 e. The molecule has 1 unspecified atom stereocenters. The zero-order valence-corrected chi connectivity index (χ0v) is 20.4. The van der Waals surface area contributed by atoms with Crippen LogP contribution in [0.2, 0.25) is 0 Å². The molecule has 3 aliphatic heterocycles. The molecule has 1 saturated heterocycles. The Bertz CT molecular complexity index is 1260. The van der Waals surface area contributed by atoms with Crippen molar-refractivity contribution in [2.24, 2.45) is 15.1 Å². The van der Waals surface area contributed by atoms with Crippen molar-refractivity contribution in [3.63, 3.8) is 0 Å². The maximum atomic E-state index is 13.5. The van der Waals surface area contributed by atoms with Crippen molar-refractivity contribution in [3.05, 3.63) is 96.0 Å². The van der Waals surface area contributed by atoms with Crippen molar-refractivity contribution in [2.45, 2.75) is 12.8 Å². The van der Waals surface area contributed by atoms with Crippen molar-refractivity contribution in [3.8, 4) is 0 Å². The molecule has 184 valence electrons. The van der Waals surface area contributed by atoms with E-state index in [9.17, 15) is 9.18 Å². The summed E-state index contributed by atoms with van der Waals surface area (Å²) in [5, 5.41) is 4.86. The van der Waals surface area contributed by atoms with E-state index in [2.05, 4.69) is 16.0 Å². The molecular formula is C28H30FN6O+. The lowest BCUT2D eigenvalue weighted by atomic mass is 10.1. The van der Waals surface area contributed by atoms with Gasteiger partial charge in [-0.15, -0.1) is 4.59 Å². The third-order valence-electron chi connectivity index (χ3n) is 6.65. The van der Waals surface area contributed by atoms with Crippen LogP contribution in [0, 0.1) is 5.82 Å². The van der Waals surface area contributed by atoms with Gasteiger partial charge in [-0.3, -0.25) is 4.79 Å². The van der Waals surface area contributed by atoms with E-state index < -0.39 is 0 Å². The average molecular weight is 486 g/mol. The van der Waals surface area contributed by atoms with E-state index in [0.717, 1.165) is 42.9 Å². The van der Waals surface area contributed by atoms with E-state index in [1.165, 1.54) is 12.1 Å². The van der Waals surface area contributed by atoms with Gasteiger partial charge in [-0.1, -0.05) is 35.5 Å². The highest BCUT2D eigenvalue weighted by Gasteiger charge is 2.41. The van der Waals surface area contributed by atoms with Crippen molar-refractivity contribution in [1.82, 2.24) is 9.80 Å². The fourth-order valence-electron chi connectivity index (χ4n) is 4.70. The van der Waals surface area contributed by atoms with Crippen LogP contribution in [0.3, 0.4) is 0 Å². The van der Waals surface area contributed by atoms with Gasteiger partial charge in [0.15, 0.2) is 6.54 Å². The Morgan fingerprint density at radius 1 is 0.972 bits per heavy atom. The van der Waals surface area contributed by atoms with Gasteiger partial charge in [-0.2, -0.15) is 4.99 Å². The van der Waals surface area contributed by atoms with Crippen LogP contribution in [0.25, 0.3) is 0 Å². The highest BCUT2D eigenvalue weighted by atomic mass is 19.1. The van der Waals surface area contributed by atoms with Gasteiger partial charge in [0.2, 0.25) is 5.84 Å². The van der Waals surface area contributed by atoms with Crippen molar-refractivity contribution >= 4 is 23.4 Å². The first-order chi connectivity index (χ1) is 17.5. The molecule has 0 bridgehead atoms.